The Hall–Kier alpha value is -6.18. The maximum atomic E-state index is 2.46. The highest BCUT2D eigenvalue weighted by molar-refractivity contribution is 6.29. The predicted octanol–water partition coefficient (Wildman–Crippen LogP) is 12.7. The molecule has 0 unspecified atom stereocenters. The van der Waals surface area contributed by atoms with Gasteiger partial charge in [0.1, 0.15) is 0 Å². The van der Waals surface area contributed by atoms with Crippen molar-refractivity contribution >= 4 is 64.9 Å². The Morgan fingerprint density at radius 3 is 1.47 bits per heavy atom. The van der Waals surface area contributed by atoms with Gasteiger partial charge in [0.2, 0.25) is 0 Å². The molecule has 0 aliphatic rings. The van der Waals surface area contributed by atoms with Crippen LogP contribution >= 0.6 is 0 Å². The van der Waals surface area contributed by atoms with Crippen LogP contribution in [-0.2, 0) is 0 Å². The molecule has 0 aliphatic carbocycles. The van der Waals surface area contributed by atoms with E-state index in [9.17, 15) is 0 Å². The summed E-state index contributed by atoms with van der Waals surface area (Å²) in [6.45, 7) is 0. The van der Waals surface area contributed by atoms with Gasteiger partial charge in [0.15, 0.2) is 0 Å². The fourth-order valence-corrected chi connectivity index (χ4v) is 8.03. The lowest BCUT2D eigenvalue weighted by Gasteiger charge is -2.19. The third-order valence-corrected chi connectivity index (χ3v) is 9.95. The molecule has 0 saturated carbocycles. The fraction of sp³-hybridized carbons (Fsp3) is 0. The van der Waals surface area contributed by atoms with Crippen LogP contribution in [0.25, 0.3) is 92.8 Å². The quantitative estimate of drug-likeness (QED) is 0.179. The first-order chi connectivity index (χ1) is 23.4. The SMILES string of the molecule is c1ccc(-n2c3cccc(-c4c5ccccc5c(-c5cccc6ccccc56)c5ccccc45)c3c3ccc4ccccc4c32)cc1. The lowest BCUT2D eigenvalue weighted by atomic mass is 9.84. The molecule has 1 nitrogen and oxygen atoms in total. The largest absolute Gasteiger partial charge is 0.309 e. The molecule has 0 spiro atoms. The molecule has 1 aromatic heterocycles. The molecule has 0 N–H and O–H groups in total. The Bertz CT molecular complexity index is 2780. The average Bonchev–Trinajstić information content (AvgIpc) is 3.49. The molecule has 0 amide bonds. The van der Waals surface area contributed by atoms with E-state index in [-0.39, 0.29) is 0 Å². The van der Waals surface area contributed by atoms with Gasteiger partial charge in [-0.05, 0) is 78.2 Å². The summed E-state index contributed by atoms with van der Waals surface area (Å²) in [7, 11) is 0. The minimum absolute atomic E-state index is 1.17. The topological polar surface area (TPSA) is 4.93 Å². The van der Waals surface area contributed by atoms with Gasteiger partial charge < -0.3 is 4.57 Å². The van der Waals surface area contributed by atoms with Crippen LogP contribution in [0.1, 0.15) is 0 Å². The molecule has 10 aromatic rings. The minimum atomic E-state index is 1.17. The van der Waals surface area contributed by atoms with E-state index in [1.165, 1.54) is 92.8 Å². The predicted molar refractivity (Wildman–Crippen MR) is 202 cm³/mol. The summed E-state index contributed by atoms with van der Waals surface area (Å²) in [5, 5.41) is 12.7. The zero-order valence-electron chi connectivity index (χ0n) is 25.7. The maximum Gasteiger partial charge on any atom is 0.0619 e. The van der Waals surface area contributed by atoms with E-state index in [2.05, 4.69) is 180 Å². The summed E-state index contributed by atoms with van der Waals surface area (Å²) in [6, 6.07) is 64.5. The van der Waals surface area contributed by atoms with Crippen molar-refractivity contribution in [1.29, 1.82) is 0 Å². The zero-order chi connectivity index (χ0) is 30.9. The van der Waals surface area contributed by atoms with Crippen molar-refractivity contribution < 1.29 is 0 Å². The van der Waals surface area contributed by atoms with Crippen LogP contribution in [0.5, 0.6) is 0 Å². The molecule has 0 aliphatic heterocycles. The third kappa shape index (κ3) is 3.78. The van der Waals surface area contributed by atoms with Crippen molar-refractivity contribution in [3.05, 3.63) is 176 Å². The number of fused-ring (bicyclic) bond motifs is 8. The normalized spacial score (nSPS) is 11.8. The lowest BCUT2D eigenvalue weighted by Crippen LogP contribution is -1.94. The standard InChI is InChI=1S/C46H29N/c1-2-17-32(18-3-1)47-42-27-13-26-40(45(42)41-29-28-31-15-5-7-20-34(31)46(41)47)44-38-23-10-8-21-36(38)43(37-22-9-11-24-39(37)44)35-25-12-16-30-14-4-6-19-33(30)35/h1-29H. The zero-order valence-corrected chi connectivity index (χ0v) is 25.7. The lowest BCUT2D eigenvalue weighted by molar-refractivity contribution is 1.19. The molecular weight excluding hydrogens is 567 g/mol. The second-order valence-corrected chi connectivity index (χ2v) is 12.4. The summed E-state index contributed by atoms with van der Waals surface area (Å²) < 4.78 is 2.46. The molecule has 47 heavy (non-hydrogen) atoms. The van der Waals surface area contributed by atoms with Gasteiger partial charge in [0.05, 0.1) is 11.0 Å². The van der Waals surface area contributed by atoms with Crippen LogP contribution in [0.15, 0.2) is 176 Å². The Morgan fingerprint density at radius 2 is 0.787 bits per heavy atom. The molecular formula is C46H29N. The number of hydrogen-bond donors (Lipinski definition) is 0. The van der Waals surface area contributed by atoms with E-state index in [0.717, 1.165) is 0 Å². The van der Waals surface area contributed by atoms with Crippen molar-refractivity contribution in [3.63, 3.8) is 0 Å². The first-order valence-electron chi connectivity index (χ1n) is 16.3. The number of aromatic nitrogens is 1. The van der Waals surface area contributed by atoms with E-state index >= 15 is 0 Å². The molecule has 9 aromatic carbocycles. The van der Waals surface area contributed by atoms with Crippen LogP contribution < -0.4 is 0 Å². The highest BCUT2D eigenvalue weighted by atomic mass is 15.0. The Labute approximate surface area is 272 Å². The van der Waals surface area contributed by atoms with Gasteiger partial charge in [-0.25, -0.2) is 0 Å². The molecule has 0 atom stereocenters. The van der Waals surface area contributed by atoms with Gasteiger partial charge in [0.25, 0.3) is 0 Å². The summed E-state index contributed by atoms with van der Waals surface area (Å²) in [5.74, 6) is 0. The average molecular weight is 596 g/mol. The Morgan fingerprint density at radius 1 is 0.298 bits per heavy atom. The van der Waals surface area contributed by atoms with Crippen LogP contribution in [0, 0.1) is 0 Å². The van der Waals surface area contributed by atoms with Crippen molar-refractivity contribution in [2.24, 2.45) is 0 Å². The smallest absolute Gasteiger partial charge is 0.0619 e. The second-order valence-electron chi connectivity index (χ2n) is 12.4. The van der Waals surface area contributed by atoms with Gasteiger partial charge in [-0.2, -0.15) is 0 Å². The van der Waals surface area contributed by atoms with Gasteiger partial charge in [-0.15, -0.1) is 0 Å². The molecule has 0 bridgehead atoms. The van der Waals surface area contributed by atoms with E-state index in [4.69, 9.17) is 0 Å². The molecule has 0 radical (unpaired) electrons. The van der Waals surface area contributed by atoms with Crippen LogP contribution in [0.3, 0.4) is 0 Å². The molecule has 10 rings (SSSR count). The number of hydrogen-bond acceptors (Lipinski definition) is 0. The van der Waals surface area contributed by atoms with Crippen molar-refractivity contribution in [2.45, 2.75) is 0 Å². The van der Waals surface area contributed by atoms with Gasteiger partial charge in [0, 0.05) is 21.8 Å². The second kappa shape index (κ2) is 10.2. The van der Waals surface area contributed by atoms with Gasteiger partial charge in [-0.3, -0.25) is 0 Å². The van der Waals surface area contributed by atoms with Crippen molar-refractivity contribution in [1.82, 2.24) is 4.57 Å². The van der Waals surface area contributed by atoms with E-state index in [0.29, 0.717) is 0 Å². The maximum absolute atomic E-state index is 2.46. The molecule has 1 heterocycles. The minimum Gasteiger partial charge on any atom is -0.309 e. The number of benzene rings is 9. The number of para-hydroxylation sites is 1. The van der Waals surface area contributed by atoms with Crippen LogP contribution in [0.2, 0.25) is 0 Å². The Balaban J connectivity index is 1.40. The van der Waals surface area contributed by atoms with Crippen LogP contribution in [0.4, 0.5) is 0 Å². The number of rotatable bonds is 3. The molecule has 1 heteroatoms. The molecule has 218 valence electrons. The van der Waals surface area contributed by atoms with E-state index < -0.39 is 0 Å². The summed E-state index contributed by atoms with van der Waals surface area (Å²) >= 11 is 0. The third-order valence-electron chi connectivity index (χ3n) is 9.95. The van der Waals surface area contributed by atoms with Gasteiger partial charge >= 0.3 is 0 Å². The monoisotopic (exact) mass is 595 g/mol. The first kappa shape index (κ1) is 26.1. The highest BCUT2D eigenvalue weighted by Crippen LogP contribution is 2.48. The molecule has 0 saturated heterocycles. The van der Waals surface area contributed by atoms with Crippen LogP contribution in [-0.4, -0.2) is 4.57 Å². The molecule has 0 fully saturated rings. The fourth-order valence-electron chi connectivity index (χ4n) is 8.03. The summed E-state index contributed by atoms with van der Waals surface area (Å²) in [6.07, 6.45) is 0. The van der Waals surface area contributed by atoms with Gasteiger partial charge in [-0.1, -0.05) is 158 Å². The first-order valence-corrected chi connectivity index (χ1v) is 16.3. The number of nitrogens with zero attached hydrogens (tertiary/aromatic N) is 1. The van der Waals surface area contributed by atoms with Crippen molar-refractivity contribution in [2.75, 3.05) is 0 Å². The Kier molecular flexibility index (Phi) is 5.64. The van der Waals surface area contributed by atoms with E-state index in [1.54, 1.807) is 0 Å². The summed E-state index contributed by atoms with van der Waals surface area (Å²) in [4.78, 5) is 0. The summed E-state index contributed by atoms with van der Waals surface area (Å²) in [5.41, 5.74) is 8.74. The highest BCUT2D eigenvalue weighted by Gasteiger charge is 2.22. The van der Waals surface area contributed by atoms with Crippen molar-refractivity contribution in [3.8, 4) is 27.9 Å². The van der Waals surface area contributed by atoms with E-state index in [1.807, 2.05) is 0 Å².